The number of carbonyl (C=O) groups excluding carboxylic acids is 1. The first kappa shape index (κ1) is 20.1. The van der Waals surface area contributed by atoms with Gasteiger partial charge in [-0.05, 0) is 54.8 Å². The number of nitrogens with zero attached hydrogens (tertiary/aromatic N) is 1. The van der Waals surface area contributed by atoms with Crippen LogP contribution in [0.15, 0.2) is 66.1 Å². The average molecular weight is 419 g/mol. The third kappa shape index (κ3) is 4.43. The second-order valence-corrected chi connectivity index (χ2v) is 7.30. The topological polar surface area (TPSA) is 72.8 Å². The molecular formula is C21H20Cl2N2O3. The molecule has 0 unspecified atom stereocenters. The molecule has 1 aliphatic heterocycles. The molecule has 0 spiro atoms. The second-order valence-electron chi connectivity index (χ2n) is 6.48. The zero-order valence-corrected chi connectivity index (χ0v) is 16.6. The zero-order valence-electron chi connectivity index (χ0n) is 15.1. The number of rotatable bonds is 6. The Morgan fingerprint density at radius 3 is 2.50 bits per heavy atom. The quantitative estimate of drug-likeness (QED) is 0.599. The highest BCUT2D eigenvalue weighted by molar-refractivity contribution is 6.42. The summed E-state index contributed by atoms with van der Waals surface area (Å²) in [6.07, 6.45) is 1.47. The fraction of sp³-hybridized carbons (Fsp3) is 0.190. The minimum absolute atomic E-state index is 0.116. The van der Waals surface area contributed by atoms with Crippen LogP contribution < -0.4 is 10.2 Å². The molecule has 0 fully saturated rings. The van der Waals surface area contributed by atoms with E-state index in [1.165, 1.54) is 0 Å². The number of hydrogen-bond donors (Lipinski definition) is 3. The summed E-state index contributed by atoms with van der Waals surface area (Å²) in [6.45, 7) is 4.53. The molecule has 0 saturated carbocycles. The van der Waals surface area contributed by atoms with Gasteiger partial charge in [0.25, 0.3) is 5.91 Å². The summed E-state index contributed by atoms with van der Waals surface area (Å²) in [7, 11) is 0. The van der Waals surface area contributed by atoms with Crippen molar-refractivity contribution in [1.29, 1.82) is 0 Å². The molecule has 7 heteroatoms. The van der Waals surface area contributed by atoms with Gasteiger partial charge in [-0.2, -0.15) is 0 Å². The van der Waals surface area contributed by atoms with E-state index in [4.69, 9.17) is 23.2 Å². The minimum atomic E-state index is -0.325. The summed E-state index contributed by atoms with van der Waals surface area (Å²) in [5.41, 5.74) is 2.40. The molecule has 3 rings (SSSR count). The molecule has 3 N–H and O–H groups in total. The standard InChI is InChI=1S/C21H20Cl2N2O3/c1-13-20(27)17(12-25(13)15-5-7-16(26)8-6-15)21(28)24-10-2-3-14-4-9-18(22)19(23)11-14/h4-9,11,26-27H,1-3,10,12H2,(H,24,28). The number of halogens is 2. The smallest absolute Gasteiger partial charge is 0.252 e. The number of carbonyl (C=O) groups is 1. The fourth-order valence-electron chi connectivity index (χ4n) is 2.99. The Balaban J connectivity index is 1.54. The predicted octanol–water partition coefficient (Wildman–Crippen LogP) is 4.59. The van der Waals surface area contributed by atoms with Crippen molar-refractivity contribution < 1.29 is 15.0 Å². The Labute approximate surface area is 173 Å². The SMILES string of the molecule is C=C1C(O)=C(C(=O)NCCCc2ccc(Cl)c(Cl)c2)CN1c1ccc(O)cc1. The van der Waals surface area contributed by atoms with Crippen LogP contribution in [0, 0.1) is 0 Å². The van der Waals surface area contributed by atoms with E-state index in [-0.39, 0.29) is 29.5 Å². The van der Waals surface area contributed by atoms with Gasteiger partial charge in [0.05, 0.1) is 27.9 Å². The number of nitrogens with one attached hydrogen (secondary N) is 1. The molecule has 1 aliphatic rings. The Hall–Kier alpha value is -2.63. The van der Waals surface area contributed by atoms with Crippen molar-refractivity contribution in [3.8, 4) is 5.75 Å². The zero-order chi connectivity index (χ0) is 20.3. The summed E-state index contributed by atoms with van der Waals surface area (Å²) in [6, 6.07) is 12.0. The maximum absolute atomic E-state index is 12.5. The summed E-state index contributed by atoms with van der Waals surface area (Å²) >= 11 is 11.9. The molecule has 5 nitrogen and oxygen atoms in total. The molecule has 0 saturated heterocycles. The van der Waals surface area contributed by atoms with Gasteiger partial charge in [-0.1, -0.05) is 35.8 Å². The normalized spacial score (nSPS) is 13.9. The number of aliphatic hydroxyl groups excluding tert-OH is 1. The lowest BCUT2D eigenvalue weighted by Gasteiger charge is -2.19. The van der Waals surface area contributed by atoms with E-state index < -0.39 is 0 Å². The van der Waals surface area contributed by atoms with Gasteiger partial charge in [0.15, 0.2) is 0 Å². The summed E-state index contributed by atoms with van der Waals surface area (Å²) in [4.78, 5) is 14.2. The summed E-state index contributed by atoms with van der Waals surface area (Å²) < 4.78 is 0. The van der Waals surface area contributed by atoms with Crippen LogP contribution in [-0.2, 0) is 11.2 Å². The van der Waals surface area contributed by atoms with Gasteiger partial charge in [-0.3, -0.25) is 4.79 Å². The van der Waals surface area contributed by atoms with Gasteiger partial charge < -0.3 is 20.4 Å². The van der Waals surface area contributed by atoms with Gasteiger partial charge in [-0.25, -0.2) is 0 Å². The third-order valence-electron chi connectivity index (χ3n) is 4.55. The molecule has 28 heavy (non-hydrogen) atoms. The molecule has 1 amide bonds. The van der Waals surface area contributed by atoms with Crippen LogP contribution in [0.5, 0.6) is 5.75 Å². The van der Waals surface area contributed by atoms with E-state index in [1.54, 1.807) is 35.2 Å². The van der Waals surface area contributed by atoms with Gasteiger partial charge in [0, 0.05) is 12.2 Å². The second kappa shape index (κ2) is 8.59. The Morgan fingerprint density at radius 1 is 1.11 bits per heavy atom. The molecule has 146 valence electrons. The van der Waals surface area contributed by atoms with E-state index >= 15 is 0 Å². The number of aromatic hydroxyl groups is 1. The lowest BCUT2D eigenvalue weighted by Crippen LogP contribution is -2.29. The van der Waals surface area contributed by atoms with E-state index in [9.17, 15) is 15.0 Å². The number of aliphatic hydroxyl groups is 1. The largest absolute Gasteiger partial charge is 0.508 e. The maximum Gasteiger partial charge on any atom is 0.252 e. The third-order valence-corrected chi connectivity index (χ3v) is 5.29. The van der Waals surface area contributed by atoms with Crippen molar-refractivity contribution in [3.05, 3.63) is 81.7 Å². The van der Waals surface area contributed by atoms with Crippen LogP contribution in [0.3, 0.4) is 0 Å². The van der Waals surface area contributed by atoms with Crippen molar-refractivity contribution in [2.75, 3.05) is 18.0 Å². The number of amides is 1. The molecule has 1 heterocycles. The minimum Gasteiger partial charge on any atom is -0.508 e. The molecule has 0 aromatic heterocycles. The van der Waals surface area contributed by atoms with Gasteiger partial charge in [0.2, 0.25) is 0 Å². The number of phenols is 1. The average Bonchev–Trinajstić information content (AvgIpc) is 2.97. The summed E-state index contributed by atoms with van der Waals surface area (Å²) in [5, 5.41) is 23.6. The van der Waals surface area contributed by atoms with Crippen LogP contribution in [0.2, 0.25) is 10.0 Å². The first-order valence-corrected chi connectivity index (χ1v) is 9.52. The Kier molecular flexibility index (Phi) is 6.17. The number of hydrogen-bond acceptors (Lipinski definition) is 4. The summed E-state index contributed by atoms with van der Waals surface area (Å²) in [5.74, 6) is -0.296. The van der Waals surface area contributed by atoms with Crippen molar-refractivity contribution in [2.45, 2.75) is 12.8 Å². The molecule has 2 aromatic rings. The highest BCUT2D eigenvalue weighted by Crippen LogP contribution is 2.31. The van der Waals surface area contributed by atoms with E-state index in [2.05, 4.69) is 11.9 Å². The maximum atomic E-state index is 12.5. The first-order chi connectivity index (χ1) is 13.4. The van der Waals surface area contributed by atoms with Crippen LogP contribution >= 0.6 is 23.2 Å². The van der Waals surface area contributed by atoms with E-state index in [0.717, 1.165) is 24.1 Å². The molecule has 0 radical (unpaired) electrons. The monoisotopic (exact) mass is 418 g/mol. The van der Waals surface area contributed by atoms with Crippen LogP contribution in [-0.4, -0.2) is 29.2 Å². The lowest BCUT2D eigenvalue weighted by molar-refractivity contribution is -0.117. The van der Waals surface area contributed by atoms with Crippen molar-refractivity contribution in [3.63, 3.8) is 0 Å². The van der Waals surface area contributed by atoms with Gasteiger partial charge in [-0.15, -0.1) is 0 Å². The molecule has 0 aliphatic carbocycles. The molecule has 0 bridgehead atoms. The fourth-order valence-corrected chi connectivity index (χ4v) is 3.31. The van der Waals surface area contributed by atoms with Crippen LogP contribution in [0.4, 0.5) is 5.69 Å². The molecule has 2 aromatic carbocycles. The van der Waals surface area contributed by atoms with Crippen LogP contribution in [0.25, 0.3) is 0 Å². The van der Waals surface area contributed by atoms with E-state index in [0.29, 0.717) is 22.3 Å². The van der Waals surface area contributed by atoms with Crippen molar-refractivity contribution >= 4 is 34.8 Å². The Bertz CT molecular complexity index is 939. The van der Waals surface area contributed by atoms with Crippen molar-refractivity contribution in [2.24, 2.45) is 0 Å². The van der Waals surface area contributed by atoms with Crippen molar-refractivity contribution in [1.82, 2.24) is 5.32 Å². The number of phenolic OH excluding ortho intramolecular Hbond substituents is 1. The molecule has 0 atom stereocenters. The highest BCUT2D eigenvalue weighted by Gasteiger charge is 2.30. The van der Waals surface area contributed by atoms with Crippen LogP contribution in [0.1, 0.15) is 12.0 Å². The highest BCUT2D eigenvalue weighted by atomic mass is 35.5. The number of benzene rings is 2. The number of anilines is 1. The van der Waals surface area contributed by atoms with Gasteiger partial charge in [0.1, 0.15) is 11.5 Å². The Morgan fingerprint density at radius 2 is 1.82 bits per heavy atom. The van der Waals surface area contributed by atoms with E-state index in [1.807, 2.05) is 12.1 Å². The van der Waals surface area contributed by atoms with Gasteiger partial charge >= 0.3 is 0 Å². The molecular weight excluding hydrogens is 399 g/mol. The predicted molar refractivity (Wildman–Crippen MR) is 112 cm³/mol. The first-order valence-electron chi connectivity index (χ1n) is 8.77. The lowest BCUT2D eigenvalue weighted by atomic mass is 10.1. The number of aryl methyl sites for hydroxylation is 1.